The average Bonchev–Trinajstić information content (AvgIpc) is 2.72. The molecule has 1 heterocycles. The second kappa shape index (κ2) is 2.26. The van der Waals surface area contributed by atoms with E-state index < -0.39 is 0 Å². The number of cyclic esters (lactones) is 1. The predicted molar refractivity (Wildman–Crippen MR) is 51.8 cm³/mol. The molecule has 2 aliphatic carbocycles. The van der Waals surface area contributed by atoms with E-state index >= 15 is 0 Å². The summed E-state index contributed by atoms with van der Waals surface area (Å²) in [7, 11) is 0. The largest absolute Gasteiger partial charge is 0.447 e. The van der Waals surface area contributed by atoms with Crippen molar-refractivity contribution in [2.75, 3.05) is 6.61 Å². The minimum atomic E-state index is -0.217. The van der Waals surface area contributed by atoms with Gasteiger partial charge in [0.25, 0.3) is 0 Å². The normalized spacial score (nSPS) is 48.3. The SMILES string of the molecule is CC1(C)[C@H]2CC[C@H](C2)[C@@]12COC(=O)N2. The van der Waals surface area contributed by atoms with Crippen LogP contribution in [0.1, 0.15) is 33.1 Å². The van der Waals surface area contributed by atoms with Crippen molar-refractivity contribution in [3.63, 3.8) is 0 Å². The number of hydrogen-bond donors (Lipinski definition) is 1. The Morgan fingerprint density at radius 2 is 2.07 bits per heavy atom. The van der Waals surface area contributed by atoms with Gasteiger partial charge in [0.2, 0.25) is 0 Å². The van der Waals surface area contributed by atoms with Crippen molar-refractivity contribution in [1.82, 2.24) is 5.32 Å². The molecule has 3 heteroatoms. The van der Waals surface area contributed by atoms with Gasteiger partial charge in [0.15, 0.2) is 0 Å². The molecule has 78 valence electrons. The Kier molecular flexibility index (Phi) is 1.38. The monoisotopic (exact) mass is 195 g/mol. The average molecular weight is 195 g/mol. The lowest BCUT2D eigenvalue weighted by Crippen LogP contribution is -2.58. The van der Waals surface area contributed by atoms with Crippen LogP contribution < -0.4 is 5.32 Å². The van der Waals surface area contributed by atoms with Gasteiger partial charge in [-0.2, -0.15) is 0 Å². The fourth-order valence-electron chi connectivity index (χ4n) is 3.98. The fourth-order valence-corrected chi connectivity index (χ4v) is 3.98. The molecule has 1 aliphatic heterocycles. The molecule has 0 aromatic rings. The van der Waals surface area contributed by atoms with E-state index in [1.165, 1.54) is 19.3 Å². The highest BCUT2D eigenvalue weighted by atomic mass is 16.6. The summed E-state index contributed by atoms with van der Waals surface area (Å²) in [5, 5.41) is 3.09. The Labute approximate surface area is 84.2 Å². The summed E-state index contributed by atoms with van der Waals surface area (Å²) in [6.45, 7) is 5.15. The van der Waals surface area contributed by atoms with Gasteiger partial charge in [-0.3, -0.25) is 0 Å². The minimum Gasteiger partial charge on any atom is -0.447 e. The molecule has 1 amide bonds. The number of rotatable bonds is 0. The summed E-state index contributed by atoms with van der Waals surface area (Å²) in [6, 6.07) is 0. The lowest BCUT2D eigenvalue weighted by atomic mass is 9.64. The molecule has 3 nitrogen and oxygen atoms in total. The maximum atomic E-state index is 11.2. The van der Waals surface area contributed by atoms with Crippen LogP contribution in [0.25, 0.3) is 0 Å². The van der Waals surface area contributed by atoms with Gasteiger partial charge in [-0.05, 0) is 36.5 Å². The molecule has 0 aromatic carbocycles. The summed E-state index contributed by atoms with van der Waals surface area (Å²) in [6.07, 6.45) is 3.65. The molecule has 1 spiro atoms. The third kappa shape index (κ3) is 0.733. The number of carbonyl (C=O) groups excluding carboxylic acids is 1. The Balaban J connectivity index is 2.02. The summed E-state index contributed by atoms with van der Waals surface area (Å²) in [5.41, 5.74) is 0.162. The zero-order chi connectivity index (χ0) is 9.97. The van der Waals surface area contributed by atoms with Crippen molar-refractivity contribution in [3.05, 3.63) is 0 Å². The van der Waals surface area contributed by atoms with Crippen molar-refractivity contribution >= 4 is 6.09 Å². The molecule has 14 heavy (non-hydrogen) atoms. The van der Waals surface area contributed by atoms with Crippen molar-refractivity contribution < 1.29 is 9.53 Å². The lowest BCUT2D eigenvalue weighted by Gasteiger charge is -2.45. The van der Waals surface area contributed by atoms with E-state index in [1.807, 2.05) is 0 Å². The number of ether oxygens (including phenoxy) is 1. The second-order valence-corrected chi connectivity index (χ2v) is 5.60. The first-order chi connectivity index (χ1) is 6.56. The Morgan fingerprint density at radius 1 is 1.36 bits per heavy atom. The fraction of sp³-hybridized carbons (Fsp3) is 0.909. The maximum Gasteiger partial charge on any atom is 0.407 e. The molecule has 2 saturated carbocycles. The molecule has 1 N–H and O–H groups in total. The lowest BCUT2D eigenvalue weighted by molar-refractivity contribution is 0.0550. The highest BCUT2D eigenvalue weighted by Gasteiger charge is 2.66. The van der Waals surface area contributed by atoms with Gasteiger partial charge in [-0.15, -0.1) is 0 Å². The topological polar surface area (TPSA) is 38.3 Å². The summed E-state index contributed by atoms with van der Waals surface area (Å²) in [4.78, 5) is 11.2. The van der Waals surface area contributed by atoms with Crippen molar-refractivity contribution in [2.24, 2.45) is 17.3 Å². The van der Waals surface area contributed by atoms with Gasteiger partial charge in [-0.25, -0.2) is 4.79 Å². The number of carbonyl (C=O) groups is 1. The van der Waals surface area contributed by atoms with Crippen molar-refractivity contribution in [2.45, 2.75) is 38.6 Å². The standard InChI is InChI=1S/C11H17NO2/c1-10(2)7-3-4-8(5-7)11(10)6-14-9(13)12-11/h7-8H,3-6H2,1-2H3,(H,12,13)/t7-,8+,11-/m0/s1. The van der Waals surface area contributed by atoms with E-state index in [-0.39, 0.29) is 17.0 Å². The zero-order valence-corrected chi connectivity index (χ0v) is 8.80. The van der Waals surface area contributed by atoms with Crippen LogP contribution in [0.5, 0.6) is 0 Å². The first-order valence-corrected chi connectivity index (χ1v) is 5.51. The van der Waals surface area contributed by atoms with Gasteiger partial charge in [0, 0.05) is 0 Å². The summed E-state index contributed by atoms with van der Waals surface area (Å²) in [5.74, 6) is 1.42. The van der Waals surface area contributed by atoms with Gasteiger partial charge in [0.05, 0.1) is 5.54 Å². The van der Waals surface area contributed by atoms with Gasteiger partial charge < -0.3 is 10.1 Å². The van der Waals surface area contributed by atoms with Crippen LogP contribution in [0.4, 0.5) is 4.79 Å². The van der Waals surface area contributed by atoms with Crippen LogP contribution in [-0.2, 0) is 4.74 Å². The van der Waals surface area contributed by atoms with Gasteiger partial charge >= 0.3 is 6.09 Å². The third-order valence-electron chi connectivity index (χ3n) is 5.06. The highest BCUT2D eigenvalue weighted by Crippen LogP contribution is 2.62. The molecule has 0 unspecified atom stereocenters. The first-order valence-electron chi connectivity index (χ1n) is 5.51. The molecule has 2 bridgehead atoms. The number of nitrogens with one attached hydrogen (secondary N) is 1. The van der Waals surface area contributed by atoms with E-state index in [1.54, 1.807) is 0 Å². The van der Waals surface area contributed by atoms with E-state index in [2.05, 4.69) is 19.2 Å². The highest BCUT2D eigenvalue weighted by molar-refractivity contribution is 5.71. The molecule has 3 atom stereocenters. The second-order valence-electron chi connectivity index (χ2n) is 5.60. The zero-order valence-electron chi connectivity index (χ0n) is 8.80. The summed E-state index contributed by atoms with van der Waals surface area (Å²) >= 11 is 0. The van der Waals surface area contributed by atoms with Crippen LogP contribution in [-0.4, -0.2) is 18.2 Å². The van der Waals surface area contributed by atoms with E-state index in [9.17, 15) is 4.79 Å². The van der Waals surface area contributed by atoms with E-state index in [0.717, 1.165) is 5.92 Å². The first kappa shape index (κ1) is 8.57. The van der Waals surface area contributed by atoms with Gasteiger partial charge in [0.1, 0.15) is 6.61 Å². The number of amides is 1. The Morgan fingerprint density at radius 3 is 2.57 bits per heavy atom. The molecule has 3 rings (SSSR count). The van der Waals surface area contributed by atoms with E-state index in [4.69, 9.17) is 4.74 Å². The number of alkyl carbamates (subject to hydrolysis) is 1. The van der Waals surface area contributed by atoms with Crippen LogP contribution in [0.15, 0.2) is 0 Å². The molecule has 3 aliphatic rings. The smallest absolute Gasteiger partial charge is 0.407 e. The van der Waals surface area contributed by atoms with Crippen LogP contribution in [0, 0.1) is 17.3 Å². The Bertz CT molecular complexity index is 300. The maximum absolute atomic E-state index is 11.2. The molecular weight excluding hydrogens is 178 g/mol. The number of fused-ring (bicyclic) bond motifs is 3. The van der Waals surface area contributed by atoms with Crippen LogP contribution in [0.3, 0.4) is 0 Å². The predicted octanol–water partition coefficient (Wildman–Crippen LogP) is 1.92. The van der Waals surface area contributed by atoms with Crippen LogP contribution in [0.2, 0.25) is 0 Å². The molecular formula is C11H17NO2. The number of hydrogen-bond acceptors (Lipinski definition) is 2. The van der Waals surface area contributed by atoms with Crippen molar-refractivity contribution in [1.29, 1.82) is 0 Å². The van der Waals surface area contributed by atoms with Crippen LogP contribution >= 0.6 is 0 Å². The molecule has 0 radical (unpaired) electrons. The third-order valence-corrected chi connectivity index (χ3v) is 5.06. The summed E-state index contributed by atoms with van der Waals surface area (Å²) < 4.78 is 5.13. The quantitative estimate of drug-likeness (QED) is 0.641. The Hall–Kier alpha value is -0.730. The van der Waals surface area contributed by atoms with Crippen molar-refractivity contribution in [3.8, 4) is 0 Å². The van der Waals surface area contributed by atoms with E-state index in [0.29, 0.717) is 12.5 Å². The molecule has 0 aromatic heterocycles. The minimum absolute atomic E-state index is 0.0486. The molecule has 3 fully saturated rings. The van der Waals surface area contributed by atoms with Gasteiger partial charge in [-0.1, -0.05) is 13.8 Å². The molecule has 1 saturated heterocycles.